The minimum Gasteiger partial charge on any atom is -0.460 e. The highest BCUT2D eigenvalue weighted by molar-refractivity contribution is 6.88. The van der Waals surface area contributed by atoms with Crippen molar-refractivity contribution < 1.29 is 50.5 Å². The van der Waals surface area contributed by atoms with Crippen molar-refractivity contribution in [2.24, 2.45) is 0 Å². The molecule has 0 radical (unpaired) electrons. The van der Waals surface area contributed by atoms with Crippen LogP contribution in [0.1, 0.15) is 20.3 Å². The second-order valence-electron chi connectivity index (χ2n) is 16.6. The molecule has 0 aliphatic heterocycles. The van der Waals surface area contributed by atoms with E-state index in [1.165, 1.54) is 0 Å². The zero-order valence-corrected chi connectivity index (χ0v) is 39.1. The van der Waals surface area contributed by atoms with E-state index in [0.29, 0.717) is 23.8 Å². The lowest BCUT2D eigenvalue weighted by Gasteiger charge is -2.39. The lowest BCUT2D eigenvalue weighted by Crippen LogP contribution is -2.54. The van der Waals surface area contributed by atoms with Crippen LogP contribution in [0, 0.1) is 0 Å². The summed E-state index contributed by atoms with van der Waals surface area (Å²) in [4.78, 5) is 22.7. The van der Waals surface area contributed by atoms with Crippen LogP contribution in [-0.4, -0.2) is 111 Å². The largest absolute Gasteiger partial charge is 0.460 e. The fraction of sp³-hybridized carbons (Fsp3) is 0.806. The van der Waals surface area contributed by atoms with Crippen LogP contribution < -0.4 is 0 Å². The first kappa shape index (κ1) is 49.6. The van der Waals surface area contributed by atoms with Crippen molar-refractivity contribution >= 4 is 62.3 Å². The van der Waals surface area contributed by atoms with Crippen LogP contribution in [0.2, 0.25) is 104 Å². The molecule has 0 aliphatic rings. The molecule has 48 heavy (non-hydrogen) atoms. The molecule has 2 N–H and O–H groups in total. The molecule has 0 aromatic carbocycles. The van der Waals surface area contributed by atoms with E-state index in [-0.39, 0.29) is 19.8 Å². The van der Waals surface area contributed by atoms with Crippen LogP contribution >= 0.6 is 0 Å². The standard InChI is InChI=1S/C17H38O6Si3.C14H32O5Si3/c1-15(2)17(19)21-14-16(18)13-20-11-10-12-26(9,22-24(3,4)5)23-25(6,7)8;1-12(2)14(16)17-10-13(15)11-22(9,18-20(3,4)5)19-21(6,7)8/h16,18H,1,10-14H2,2-9H3;13,15H,1,10-11H2,2-9H3. The molecule has 0 amide bonds. The summed E-state index contributed by atoms with van der Waals surface area (Å²) in [6.45, 7) is 40.6. The Hall–Kier alpha value is -0.559. The molecule has 0 heterocycles. The van der Waals surface area contributed by atoms with E-state index >= 15 is 0 Å². The first-order chi connectivity index (χ1) is 21.3. The van der Waals surface area contributed by atoms with Gasteiger partial charge in [0.1, 0.15) is 19.3 Å². The number of esters is 2. The summed E-state index contributed by atoms with van der Waals surface area (Å²) in [6, 6.07) is 1.26. The van der Waals surface area contributed by atoms with Gasteiger partial charge in [-0.15, -0.1) is 0 Å². The van der Waals surface area contributed by atoms with Gasteiger partial charge in [-0.3, -0.25) is 0 Å². The molecule has 0 rings (SSSR count). The number of carbonyl (C=O) groups excluding carboxylic acids is 2. The van der Waals surface area contributed by atoms with Crippen LogP contribution in [0.5, 0.6) is 0 Å². The Morgan fingerprint density at radius 1 is 0.562 bits per heavy atom. The van der Waals surface area contributed by atoms with Gasteiger partial charge in [0, 0.05) is 23.8 Å². The van der Waals surface area contributed by atoms with Crippen LogP contribution in [0.15, 0.2) is 24.3 Å². The molecule has 2 atom stereocenters. The average Bonchev–Trinajstić information content (AvgIpc) is 2.80. The zero-order chi connectivity index (χ0) is 38.4. The molecular formula is C31H70O11Si6. The van der Waals surface area contributed by atoms with Gasteiger partial charge in [-0.1, -0.05) is 13.2 Å². The quantitative estimate of drug-likeness (QED) is 0.0514. The summed E-state index contributed by atoms with van der Waals surface area (Å²) >= 11 is 0. The van der Waals surface area contributed by atoms with Crippen LogP contribution in [-0.2, 0) is 40.3 Å². The summed E-state index contributed by atoms with van der Waals surface area (Å²) in [5.74, 6) is -0.988. The first-order valence-electron chi connectivity index (χ1n) is 16.7. The molecule has 284 valence electrons. The summed E-state index contributed by atoms with van der Waals surface area (Å²) in [5, 5.41) is 20.0. The number of rotatable bonds is 22. The normalized spacial score (nSPS) is 14.4. The number of aliphatic hydroxyl groups excluding tert-OH is 2. The number of hydrogen-bond acceptors (Lipinski definition) is 11. The maximum atomic E-state index is 11.4. The molecule has 0 saturated carbocycles. The summed E-state index contributed by atoms with van der Waals surface area (Å²) in [5.41, 5.74) is 0.635. The van der Waals surface area contributed by atoms with Gasteiger partial charge in [0.05, 0.1) is 12.7 Å². The molecule has 0 aromatic rings. The molecule has 0 fully saturated rings. The number of aliphatic hydroxyl groups is 2. The summed E-state index contributed by atoms with van der Waals surface area (Å²) in [6.07, 6.45) is -0.804. The van der Waals surface area contributed by atoms with Crippen molar-refractivity contribution in [1.29, 1.82) is 0 Å². The van der Waals surface area contributed by atoms with Crippen molar-refractivity contribution in [2.75, 3.05) is 26.4 Å². The highest BCUT2D eigenvalue weighted by Crippen LogP contribution is 2.27. The third kappa shape index (κ3) is 29.2. The van der Waals surface area contributed by atoms with E-state index in [4.69, 9.17) is 30.7 Å². The second-order valence-corrected chi connectivity index (χ2v) is 42.2. The van der Waals surface area contributed by atoms with Gasteiger partial charge in [0.2, 0.25) is 0 Å². The molecule has 0 aromatic heterocycles. The summed E-state index contributed by atoms with van der Waals surface area (Å²) in [7, 11) is -11.7. The van der Waals surface area contributed by atoms with Gasteiger partial charge < -0.3 is 40.9 Å². The number of ether oxygens (including phenoxy) is 3. The minimum atomic E-state index is -2.52. The van der Waals surface area contributed by atoms with Crippen molar-refractivity contribution in [2.45, 2.75) is 136 Å². The Balaban J connectivity index is 0. The monoisotopic (exact) mass is 786 g/mol. The molecule has 0 saturated heterocycles. The maximum absolute atomic E-state index is 11.4. The van der Waals surface area contributed by atoms with Crippen LogP contribution in [0.3, 0.4) is 0 Å². The Morgan fingerprint density at radius 2 is 0.896 bits per heavy atom. The van der Waals surface area contributed by atoms with Gasteiger partial charge in [-0.2, -0.15) is 0 Å². The molecule has 11 nitrogen and oxygen atoms in total. The van der Waals surface area contributed by atoms with Crippen molar-refractivity contribution in [3.63, 3.8) is 0 Å². The van der Waals surface area contributed by atoms with E-state index in [1.807, 2.05) is 6.55 Å². The molecule has 0 spiro atoms. The molecule has 0 bridgehead atoms. The second kappa shape index (κ2) is 21.1. The zero-order valence-electron chi connectivity index (χ0n) is 33.1. The smallest absolute Gasteiger partial charge is 0.333 e. The topological polar surface area (TPSA) is 139 Å². The van der Waals surface area contributed by atoms with E-state index in [1.54, 1.807) is 13.8 Å². The predicted octanol–water partition coefficient (Wildman–Crippen LogP) is 6.89. The Labute approximate surface area is 298 Å². The lowest BCUT2D eigenvalue weighted by molar-refractivity contribution is -0.143. The Morgan fingerprint density at radius 3 is 1.23 bits per heavy atom. The molecule has 2 unspecified atom stereocenters. The Bertz CT molecular complexity index is 982. The minimum absolute atomic E-state index is 0.0571. The van der Waals surface area contributed by atoms with Crippen molar-refractivity contribution in [3.8, 4) is 0 Å². The van der Waals surface area contributed by atoms with Gasteiger partial charge >= 0.3 is 29.1 Å². The van der Waals surface area contributed by atoms with Gasteiger partial charge in [-0.05, 0) is 118 Å². The molecule has 17 heteroatoms. The van der Waals surface area contributed by atoms with Crippen molar-refractivity contribution in [1.82, 2.24) is 0 Å². The van der Waals surface area contributed by atoms with E-state index in [9.17, 15) is 19.8 Å². The molecule has 0 aliphatic carbocycles. The van der Waals surface area contributed by atoms with Gasteiger partial charge in [-0.25, -0.2) is 9.59 Å². The third-order valence-corrected chi connectivity index (χ3v) is 24.6. The number of carbonyl (C=O) groups is 2. The first-order valence-corrected chi connectivity index (χ1v) is 35.3. The Kier molecular flexibility index (Phi) is 21.8. The molecular weight excluding hydrogens is 717 g/mol. The lowest BCUT2D eigenvalue weighted by atomic mass is 10.3. The van der Waals surface area contributed by atoms with E-state index < -0.39 is 74.5 Å². The third-order valence-electron chi connectivity index (χ3n) is 5.44. The summed E-state index contributed by atoms with van der Waals surface area (Å²) < 4.78 is 40.9. The van der Waals surface area contributed by atoms with E-state index in [0.717, 1.165) is 12.5 Å². The van der Waals surface area contributed by atoms with Gasteiger partial charge in [0.25, 0.3) is 0 Å². The predicted molar refractivity (Wildman–Crippen MR) is 210 cm³/mol. The fourth-order valence-electron chi connectivity index (χ4n) is 4.66. The highest BCUT2D eigenvalue weighted by Gasteiger charge is 2.42. The SMILES string of the molecule is C=C(C)C(=O)OCC(O)COCCC[Si](C)(O[Si](C)(C)C)O[Si](C)(C)C.C=C(C)C(=O)OCC(O)C[Si](C)(O[Si](C)(C)C)O[Si](C)(C)C. The van der Waals surface area contributed by atoms with Crippen molar-refractivity contribution in [3.05, 3.63) is 24.3 Å². The number of hydrogen-bond donors (Lipinski definition) is 2. The van der Waals surface area contributed by atoms with Crippen LogP contribution in [0.4, 0.5) is 0 Å². The highest BCUT2D eigenvalue weighted by atomic mass is 28.5. The fourth-order valence-corrected chi connectivity index (χ4v) is 29.7. The maximum Gasteiger partial charge on any atom is 0.333 e. The van der Waals surface area contributed by atoms with Gasteiger partial charge in [0.15, 0.2) is 33.3 Å². The van der Waals surface area contributed by atoms with E-state index in [2.05, 4.69) is 98.3 Å². The van der Waals surface area contributed by atoms with Crippen LogP contribution in [0.25, 0.3) is 0 Å². The average molecular weight is 787 g/mol.